The third-order valence-corrected chi connectivity index (χ3v) is 3.21. The molecule has 4 nitrogen and oxygen atoms in total. The summed E-state index contributed by atoms with van der Waals surface area (Å²) >= 11 is 4.17. The number of rotatable bonds is 4. The molecule has 0 fully saturated rings. The maximum Gasteiger partial charge on any atom is 0.161 e. The zero-order chi connectivity index (χ0) is 14.9. The molecule has 0 amide bonds. The van der Waals surface area contributed by atoms with Crippen LogP contribution in [0.4, 0.5) is 0 Å². The molecule has 0 aliphatic heterocycles. The van der Waals surface area contributed by atoms with E-state index in [1.165, 1.54) is 33.8 Å². The van der Waals surface area contributed by atoms with Gasteiger partial charge in [-0.3, -0.25) is 19.2 Å². The van der Waals surface area contributed by atoms with Gasteiger partial charge in [0.2, 0.25) is 0 Å². The van der Waals surface area contributed by atoms with Crippen LogP contribution in [0, 0.1) is 0 Å². The normalized spacial score (nSPS) is 9.65. The van der Waals surface area contributed by atoms with E-state index in [1.807, 2.05) is 0 Å². The molecule has 0 aromatic heterocycles. The number of Topliss-reactive ketones (excluding diaryl/α,β-unsaturated/α-hetero) is 4. The largest absolute Gasteiger partial charge is 0.294 e. The van der Waals surface area contributed by atoms with E-state index in [0.29, 0.717) is 0 Å². The summed E-state index contributed by atoms with van der Waals surface area (Å²) in [6.07, 6.45) is 0. The minimum atomic E-state index is -0.368. The third kappa shape index (κ3) is 3.50. The van der Waals surface area contributed by atoms with Gasteiger partial charge in [-0.1, -0.05) is 0 Å². The Kier molecular flexibility index (Phi) is 6.65. The van der Waals surface area contributed by atoms with Gasteiger partial charge in [0.25, 0.3) is 0 Å². The zero-order valence-corrected chi connectivity index (χ0v) is 15.7. The fourth-order valence-corrected chi connectivity index (χ4v) is 2.49. The van der Waals surface area contributed by atoms with Crippen LogP contribution in [0.1, 0.15) is 69.1 Å². The Balaban J connectivity index is 0.00000361. The molecule has 0 saturated heterocycles. The minimum absolute atomic E-state index is 0. The molecule has 0 N–H and O–H groups in total. The molecule has 0 heterocycles. The van der Waals surface area contributed by atoms with Crippen molar-refractivity contribution in [1.82, 2.24) is 0 Å². The molecule has 0 saturated carbocycles. The van der Waals surface area contributed by atoms with Crippen LogP contribution in [-0.2, 0) is 19.5 Å². The summed E-state index contributed by atoms with van der Waals surface area (Å²) in [6.45, 7) is 5.18. The zero-order valence-electron chi connectivity index (χ0n) is 11.9. The van der Waals surface area contributed by atoms with Crippen molar-refractivity contribution in [3.05, 3.63) is 28.3 Å². The quantitative estimate of drug-likeness (QED) is 0.518. The van der Waals surface area contributed by atoms with Crippen LogP contribution in [0.2, 0.25) is 0 Å². The van der Waals surface area contributed by atoms with Gasteiger partial charge in [-0.15, -0.1) is 12.6 Å². The van der Waals surface area contributed by atoms with Crippen molar-refractivity contribution in [1.29, 1.82) is 0 Å². The molecule has 6 heteroatoms. The summed E-state index contributed by atoms with van der Waals surface area (Å²) in [5.41, 5.74) is 0.414. The van der Waals surface area contributed by atoms with Crippen LogP contribution in [0.3, 0.4) is 0 Å². The van der Waals surface area contributed by atoms with Gasteiger partial charge in [-0.2, -0.15) is 0 Å². The second-order valence-electron chi connectivity index (χ2n) is 4.30. The number of hydrogen-bond donors (Lipinski definition) is 1. The summed E-state index contributed by atoms with van der Waals surface area (Å²) in [4.78, 5) is 46.6. The predicted octanol–water partition coefficient (Wildman–Crippen LogP) is 2.78. The standard InChI is InChI=1S/C14H14O4S.Zn/c1-6(15)10-5-11(7(2)16)13(9(4)18)14(19)12(10)8(3)17;/h5,19H,1-4H3;. The summed E-state index contributed by atoms with van der Waals surface area (Å²) in [5.74, 6) is -1.43. The van der Waals surface area contributed by atoms with E-state index in [4.69, 9.17) is 0 Å². The second-order valence-corrected chi connectivity index (χ2v) is 4.74. The van der Waals surface area contributed by atoms with E-state index in [1.54, 1.807) is 0 Å². The maximum atomic E-state index is 11.7. The SMILES string of the molecule is CC(=O)c1cc(C(C)=O)c(C(C)=O)c(S)c1C(C)=O.[Zn]. The number of ketones is 4. The molecule has 0 unspecified atom stereocenters. The Morgan fingerprint density at radius 2 is 1.05 bits per heavy atom. The van der Waals surface area contributed by atoms with Crippen molar-refractivity contribution in [2.75, 3.05) is 0 Å². The van der Waals surface area contributed by atoms with Gasteiger partial charge in [-0.25, -0.2) is 0 Å². The third-order valence-electron chi connectivity index (χ3n) is 2.76. The van der Waals surface area contributed by atoms with Crippen molar-refractivity contribution in [3.8, 4) is 0 Å². The number of hydrogen-bond acceptors (Lipinski definition) is 5. The molecular weight excluding hydrogens is 330 g/mol. The van der Waals surface area contributed by atoms with Crippen LogP contribution in [0.15, 0.2) is 11.0 Å². The van der Waals surface area contributed by atoms with E-state index in [0.717, 1.165) is 0 Å². The van der Waals surface area contributed by atoms with E-state index in [9.17, 15) is 19.2 Å². The van der Waals surface area contributed by atoms with Gasteiger partial charge in [0.15, 0.2) is 23.1 Å². The van der Waals surface area contributed by atoms with Gasteiger partial charge in [0, 0.05) is 46.6 Å². The molecule has 102 valence electrons. The summed E-state index contributed by atoms with van der Waals surface area (Å²) in [6, 6.07) is 1.30. The predicted molar refractivity (Wildman–Crippen MR) is 73.7 cm³/mol. The number of carbonyl (C=O) groups excluding carboxylic acids is 4. The Bertz CT molecular complexity index is 570. The van der Waals surface area contributed by atoms with Gasteiger partial charge in [0.05, 0.1) is 0 Å². The molecule has 0 spiro atoms. The molecule has 1 rings (SSSR count). The molecule has 0 atom stereocenters. The average molecular weight is 344 g/mol. The van der Waals surface area contributed by atoms with Crippen molar-refractivity contribution in [2.24, 2.45) is 0 Å². The fourth-order valence-electron chi connectivity index (χ4n) is 1.94. The molecule has 0 aliphatic carbocycles. The Morgan fingerprint density at radius 1 is 0.750 bits per heavy atom. The topological polar surface area (TPSA) is 68.3 Å². The number of carbonyl (C=O) groups is 4. The van der Waals surface area contributed by atoms with E-state index >= 15 is 0 Å². The van der Waals surface area contributed by atoms with Crippen LogP contribution in [0.25, 0.3) is 0 Å². The monoisotopic (exact) mass is 342 g/mol. The van der Waals surface area contributed by atoms with Gasteiger partial charge in [-0.05, 0) is 33.8 Å². The summed E-state index contributed by atoms with van der Waals surface area (Å²) < 4.78 is 0. The first-order valence-electron chi connectivity index (χ1n) is 5.62. The first-order chi connectivity index (χ1) is 8.68. The van der Waals surface area contributed by atoms with Gasteiger partial charge < -0.3 is 0 Å². The second kappa shape index (κ2) is 7.05. The molecular formula is C14H14O4SZn. The first kappa shape index (κ1) is 18.9. The van der Waals surface area contributed by atoms with E-state index in [-0.39, 0.29) is 69.8 Å². The number of benzene rings is 1. The van der Waals surface area contributed by atoms with Crippen LogP contribution < -0.4 is 0 Å². The van der Waals surface area contributed by atoms with Crippen LogP contribution in [0.5, 0.6) is 0 Å². The Morgan fingerprint density at radius 3 is 1.25 bits per heavy atom. The molecule has 1 aromatic carbocycles. The van der Waals surface area contributed by atoms with Crippen molar-refractivity contribution >= 4 is 35.8 Å². The molecule has 0 radical (unpaired) electrons. The average Bonchev–Trinajstić information content (AvgIpc) is 2.25. The van der Waals surface area contributed by atoms with Crippen molar-refractivity contribution < 1.29 is 38.7 Å². The first-order valence-corrected chi connectivity index (χ1v) is 6.06. The summed E-state index contributed by atoms with van der Waals surface area (Å²) in [5, 5.41) is 0. The fraction of sp³-hybridized carbons (Fsp3) is 0.286. The molecule has 0 aliphatic rings. The van der Waals surface area contributed by atoms with Crippen molar-refractivity contribution in [2.45, 2.75) is 32.6 Å². The maximum absolute atomic E-state index is 11.7. The minimum Gasteiger partial charge on any atom is -0.294 e. The van der Waals surface area contributed by atoms with Gasteiger partial charge >= 0.3 is 0 Å². The van der Waals surface area contributed by atoms with Crippen LogP contribution >= 0.6 is 12.6 Å². The smallest absolute Gasteiger partial charge is 0.161 e. The van der Waals surface area contributed by atoms with Crippen molar-refractivity contribution in [3.63, 3.8) is 0 Å². The summed E-state index contributed by atoms with van der Waals surface area (Å²) in [7, 11) is 0. The van der Waals surface area contributed by atoms with Crippen LogP contribution in [-0.4, -0.2) is 23.1 Å². The molecule has 0 bridgehead atoms. The Labute approximate surface area is 135 Å². The van der Waals surface area contributed by atoms with E-state index in [2.05, 4.69) is 12.6 Å². The van der Waals surface area contributed by atoms with Gasteiger partial charge in [0.1, 0.15) is 0 Å². The molecule has 20 heavy (non-hydrogen) atoms. The number of thiol groups is 1. The Hall–Kier alpha value is -1.13. The molecule has 1 aromatic rings. The van der Waals surface area contributed by atoms with E-state index < -0.39 is 0 Å².